The van der Waals surface area contributed by atoms with Crippen LogP contribution < -0.4 is 0 Å². The molecule has 0 spiro atoms. The first-order valence-corrected chi connectivity index (χ1v) is 7.49. The lowest BCUT2D eigenvalue weighted by Gasteiger charge is -1.93. The zero-order valence-electron chi connectivity index (χ0n) is 12.1. The second kappa shape index (κ2) is 6.54. The molecule has 0 amide bonds. The fourth-order valence-corrected chi connectivity index (χ4v) is 2.16. The van der Waals surface area contributed by atoms with E-state index in [0.29, 0.717) is 28.0 Å². The molecule has 0 fully saturated rings. The minimum Gasteiger partial charge on any atom is -0.333 e. The largest absolute Gasteiger partial charge is 0.333 e. The number of aromatic amines is 1. The summed E-state index contributed by atoms with van der Waals surface area (Å²) in [6, 6.07) is 5.61. The van der Waals surface area contributed by atoms with Crippen LogP contribution in [-0.2, 0) is 0 Å². The zero-order valence-corrected chi connectivity index (χ0v) is 12.9. The number of hydrogen-bond acceptors (Lipinski definition) is 4. The van der Waals surface area contributed by atoms with Crippen LogP contribution in [0.15, 0.2) is 24.4 Å². The van der Waals surface area contributed by atoms with Crippen LogP contribution in [0.25, 0.3) is 22.7 Å². The molecule has 5 nitrogen and oxygen atoms in total. The van der Waals surface area contributed by atoms with Crippen LogP contribution in [0, 0.1) is 11.8 Å². The third kappa shape index (κ3) is 3.07. The van der Waals surface area contributed by atoms with Crippen molar-refractivity contribution in [2.24, 2.45) is 0 Å². The molecule has 1 N–H and O–H groups in total. The summed E-state index contributed by atoms with van der Waals surface area (Å²) in [6.45, 7) is 2.13. The minimum atomic E-state index is 0.319. The average molecular weight is 312 g/mol. The summed E-state index contributed by atoms with van der Waals surface area (Å²) >= 11 is 6.19. The number of imidazole rings is 1. The van der Waals surface area contributed by atoms with Gasteiger partial charge in [0.25, 0.3) is 0 Å². The molecular formula is C16H14ClN5. The van der Waals surface area contributed by atoms with Crippen LogP contribution in [0.4, 0.5) is 0 Å². The maximum Gasteiger partial charge on any atom is 0.208 e. The van der Waals surface area contributed by atoms with Gasteiger partial charge in [-0.25, -0.2) is 9.97 Å². The Morgan fingerprint density at radius 1 is 1.23 bits per heavy atom. The van der Waals surface area contributed by atoms with Crippen molar-refractivity contribution in [3.05, 3.63) is 35.4 Å². The first-order chi connectivity index (χ1) is 10.8. The van der Waals surface area contributed by atoms with E-state index in [2.05, 4.69) is 43.7 Å². The molecule has 0 saturated carbocycles. The third-order valence-electron chi connectivity index (χ3n) is 3.07. The van der Waals surface area contributed by atoms with Gasteiger partial charge in [0.1, 0.15) is 11.2 Å². The highest BCUT2D eigenvalue weighted by atomic mass is 35.5. The van der Waals surface area contributed by atoms with E-state index in [-0.39, 0.29) is 0 Å². The van der Waals surface area contributed by atoms with Gasteiger partial charge in [-0.05, 0) is 24.5 Å². The molecule has 3 heterocycles. The predicted molar refractivity (Wildman–Crippen MR) is 86.3 cm³/mol. The van der Waals surface area contributed by atoms with E-state index in [9.17, 15) is 0 Å². The number of rotatable bonds is 3. The summed E-state index contributed by atoms with van der Waals surface area (Å²) in [4.78, 5) is 20.3. The van der Waals surface area contributed by atoms with Gasteiger partial charge in [0.2, 0.25) is 5.82 Å². The number of pyridine rings is 1. The van der Waals surface area contributed by atoms with Gasteiger partial charge in [-0.3, -0.25) is 4.98 Å². The van der Waals surface area contributed by atoms with Gasteiger partial charge in [-0.1, -0.05) is 36.9 Å². The fraction of sp³-hybridized carbons (Fsp3) is 0.250. The highest BCUT2D eigenvalue weighted by molar-refractivity contribution is 6.33. The molecule has 0 saturated heterocycles. The molecule has 0 atom stereocenters. The number of nitrogens with zero attached hydrogens (tertiary/aromatic N) is 4. The molecule has 3 aromatic heterocycles. The van der Waals surface area contributed by atoms with Crippen molar-refractivity contribution in [1.29, 1.82) is 0 Å². The van der Waals surface area contributed by atoms with E-state index >= 15 is 0 Å². The molecule has 0 aromatic carbocycles. The maximum atomic E-state index is 6.19. The molecule has 6 heteroatoms. The zero-order chi connectivity index (χ0) is 15.4. The van der Waals surface area contributed by atoms with E-state index in [0.717, 1.165) is 25.0 Å². The molecule has 0 unspecified atom stereocenters. The van der Waals surface area contributed by atoms with Crippen LogP contribution in [0.5, 0.6) is 0 Å². The molecule has 3 aromatic rings. The monoisotopic (exact) mass is 311 g/mol. The Morgan fingerprint density at radius 2 is 2.14 bits per heavy atom. The van der Waals surface area contributed by atoms with Crippen molar-refractivity contribution in [3.63, 3.8) is 0 Å². The lowest BCUT2D eigenvalue weighted by Crippen LogP contribution is -1.91. The van der Waals surface area contributed by atoms with Crippen molar-refractivity contribution in [2.75, 3.05) is 0 Å². The van der Waals surface area contributed by atoms with Crippen LogP contribution in [0.1, 0.15) is 32.0 Å². The van der Waals surface area contributed by atoms with Crippen LogP contribution in [0.2, 0.25) is 5.15 Å². The second-order valence-electron chi connectivity index (χ2n) is 4.74. The Bertz CT molecular complexity index is 845. The molecule has 0 aliphatic heterocycles. The standard InChI is InChI=1S/C16H14ClN5/c1-2-3-4-5-9-12-19-14(17)13-16(20-12)22-15(21-13)11-8-6-7-10-18-11/h6-8,10H,2-4H2,1H3,(H,19,20,21,22). The van der Waals surface area contributed by atoms with Gasteiger partial charge in [0.15, 0.2) is 16.6 Å². The van der Waals surface area contributed by atoms with Crippen molar-refractivity contribution < 1.29 is 0 Å². The van der Waals surface area contributed by atoms with Gasteiger partial charge >= 0.3 is 0 Å². The molecule has 0 aliphatic carbocycles. The van der Waals surface area contributed by atoms with Crippen LogP contribution >= 0.6 is 11.6 Å². The molecule has 0 radical (unpaired) electrons. The van der Waals surface area contributed by atoms with Gasteiger partial charge in [-0.15, -0.1) is 0 Å². The van der Waals surface area contributed by atoms with Gasteiger partial charge < -0.3 is 4.98 Å². The topological polar surface area (TPSA) is 67.3 Å². The Balaban J connectivity index is 1.98. The van der Waals surface area contributed by atoms with E-state index in [4.69, 9.17) is 11.6 Å². The quantitative estimate of drug-likeness (QED) is 0.456. The fourth-order valence-electron chi connectivity index (χ4n) is 1.95. The highest BCUT2D eigenvalue weighted by Crippen LogP contribution is 2.22. The Hall–Kier alpha value is -2.45. The normalized spacial score (nSPS) is 10.5. The van der Waals surface area contributed by atoms with E-state index in [1.807, 2.05) is 18.2 Å². The molecule has 0 bridgehead atoms. The summed E-state index contributed by atoms with van der Waals surface area (Å²) in [5.74, 6) is 6.99. The number of fused-ring (bicyclic) bond motifs is 1. The van der Waals surface area contributed by atoms with Crippen LogP contribution in [-0.4, -0.2) is 24.9 Å². The van der Waals surface area contributed by atoms with Gasteiger partial charge in [0.05, 0.1) is 0 Å². The smallest absolute Gasteiger partial charge is 0.208 e. The predicted octanol–water partition coefficient (Wildman–Crippen LogP) is 3.61. The SMILES string of the molecule is CCCCC#Cc1nc(Cl)c2[nH]c(-c3ccccn3)nc2n1. The number of hydrogen-bond donors (Lipinski definition) is 1. The van der Waals surface area contributed by atoms with Crippen LogP contribution in [0.3, 0.4) is 0 Å². The average Bonchev–Trinajstić information content (AvgIpc) is 2.97. The van der Waals surface area contributed by atoms with E-state index < -0.39 is 0 Å². The summed E-state index contributed by atoms with van der Waals surface area (Å²) < 4.78 is 0. The lowest BCUT2D eigenvalue weighted by atomic mass is 10.2. The summed E-state index contributed by atoms with van der Waals surface area (Å²) in [5.41, 5.74) is 1.83. The number of halogens is 1. The Morgan fingerprint density at radius 3 is 2.91 bits per heavy atom. The van der Waals surface area contributed by atoms with E-state index in [1.54, 1.807) is 6.20 Å². The van der Waals surface area contributed by atoms with E-state index in [1.165, 1.54) is 0 Å². The second-order valence-corrected chi connectivity index (χ2v) is 5.10. The molecule has 110 valence electrons. The minimum absolute atomic E-state index is 0.319. The lowest BCUT2D eigenvalue weighted by molar-refractivity contribution is 0.828. The molecular weight excluding hydrogens is 298 g/mol. The molecule has 0 aliphatic rings. The van der Waals surface area contributed by atoms with Gasteiger partial charge in [-0.2, -0.15) is 4.98 Å². The number of H-pyrrole nitrogens is 1. The summed E-state index contributed by atoms with van der Waals surface area (Å²) in [6.07, 6.45) is 4.72. The third-order valence-corrected chi connectivity index (χ3v) is 3.34. The van der Waals surface area contributed by atoms with Crippen molar-refractivity contribution in [3.8, 4) is 23.4 Å². The van der Waals surface area contributed by atoms with Gasteiger partial charge in [0, 0.05) is 12.6 Å². The number of aromatic nitrogens is 5. The Labute approximate surface area is 133 Å². The first-order valence-electron chi connectivity index (χ1n) is 7.11. The first kappa shape index (κ1) is 14.5. The molecule has 22 heavy (non-hydrogen) atoms. The maximum absolute atomic E-state index is 6.19. The number of nitrogens with one attached hydrogen (secondary N) is 1. The Kier molecular flexibility index (Phi) is 4.31. The van der Waals surface area contributed by atoms with Crippen molar-refractivity contribution in [2.45, 2.75) is 26.2 Å². The number of unbranched alkanes of at least 4 members (excludes halogenated alkanes) is 2. The van der Waals surface area contributed by atoms with Crippen molar-refractivity contribution >= 4 is 22.8 Å². The highest BCUT2D eigenvalue weighted by Gasteiger charge is 2.12. The molecule has 3 rings (SSSR count). The summed E-state index contributed by atoms with van der Waals surface area (Å²) in [5, 5.41) is 0.319. The van der Waals surface area contributed by atoms with Crippen molar-refractivity contribution in [1.82, 2.24) is 24.9 Å². The summed E-state index contributed by atoms with van der Waals surface area (Å²) in [7, 11) is 0.